The molecule has 1 amide bonds. The molecule has 0 saturated carbocycles. The predicted molar refractivity (Wildman–Crippen MR) is 93.7 cm³/mol. The maximum absolute atomic E-state index is 10.9. The summed E-state index contributed by atoms with van der Waals surface area (Å²) in [7, 11) is 0. The van der Waals surface area contributed by atoms with Crippen molar-refractivity contribution in [1.82, 2.24) is 5.48 Å². The third-order valence-electron chi connectivity index (χ3n) is 3.38. The van der Waals surface area contributed by atoms with Crippen LogP contribution in [0.25, 0.3) is 6.08 Å². The molecule has 0 unspecified atom stereocenters. The van der Waals surface area contributed by atoms with Crippen molar-refractivity contribution >= 4 is 23.4 Å². The Hall–Kier alpha value is -2.83. The average molecular weight is 327 g/mol. The van der Waals surface area contributed by atoms with Gasteiger partial charge in [-0.05, 0) is 47.9 Å². The Balaban J connectivity index is 2.01. The summed E-state index contributed by atoms with van der Waals surface area (Å²) >= 11 is 0. The first-order chi connectivity index (χ1) is 11.6. The molecule has 6 heteroatoms. The number of anilines is 2. The Morgan fingerprint density at radius 2 is 1.96 bits per heavy atom. The van der Waals surface area contributed by atoms with Gasteiger partial charge in [0, 0.05) is 6.08 Å². The first-order valence-electron chi connectivity index (χ1n) is 7.69. The third kappa shape index (κ3) is 5.12. The van der Waals surface area contributed by atoms with Crippen LogP contribution in [0.1, 0.15) is 24.5 Å². The lowest BCUT2D eigenvalue weighted by Gasteiger charge is -2.19. The summed E-state index contributed by atoms with van der Waals surface area (Å²) in [5.74, 6) is -0.592. The van der Waals surface area contributed by atoms with Gasteiger partial charge in [0.05, 0.1) is 11.4 Å². The number of nitrogens with zero attached hydrogens (tertiary/aromatic N) is 1. The number of hydrazine groups is 1. The smallest absolute Gasteiger partial charge is 0.267 e. The number of hydrogen-bond donors (Lipinski definition) is 4. The molecular formula is C18H21N3O3. The summed E-state index contributed by atoms with van der Waals surface area (Å²) in [6.07, 6.45) is 4.80. The largest absolute Gasteiger partial charge is 0.288 e. The van der Waals surface area contributed by atoms with Gasteiger partial charge in [0.1, 0.15) is 0 Å². The molecular weight excluding hydrogens is 306 g/mol. The summed E-state index contributed by atoms with van der Waals surface area (Å²) in [5.41, 5.74) is 7.71. The monoisotopic (exact) mass is 327 g/mol. The van der Waals surface area contributed by atoms with Crippen LogP contribution in [-0.2, 0) is 11.2 Å². The number of nitrogens with one attached hydrogen (secondary N) is 2. The second-order valence-corrected chi connectivity index (χ2v) is 5.27. The van der Waals surface area contributed by atoms with Crippen LogP contribution in [0.5, 0.6) is 0 Å². The highest BCUT2D eigenvalue weighted by Gasteiger charge is 2.04. The summed E-state index contributed by atoms with van der Waals surface area (Å²) in [6, 6.07) is 14.8. The minimum absolute atomic E-state index is 0.592. The molecule has 0 saturated heterocycles. The Kier molecular flexibility index (Phi) is 6.36. The SMILES string of the molecule is CCCc1cccc(N(O)Nc2ccc(/C=C/C(=O)NO)cc2)c1. The number of hydroxylamine groups is 1. The predicted octanol–water partition coefficient (Wildman–Crippen LogP) is 3.38. The number of rotatable bonds is 7. The van der Waals surface area contributed by atoms with Crippen molar-refractivity contribution in [2.24, 2.45) is 0 Å². The van der Waals surface area contributed by atoms with E-state index in [1.807, 2.05) is 24.3 Å². The zero-order chi connectivity index (χ0) is 17.4. The van der Waals surface area contributed by atoms with E-state index < -0.39 is 5.91 Å². The summed E-state index contributed by atoms with van der Waals surface area (Å²) in [4.78, 5) is 10.9. The molecule has 126 valence electrons. The van der Waals surface area contributed by atoms with Crippen LogP contribution in [0, 0.1) is 0 Å². The molecule has 0 fully saturated rings. The molecule has 0 aromatic heterocycles. The summed E-state index contributed by atoms with van der Waals surface area (Å²) in [5, 5.41) is 19.6. The molecule has 2 aromatic carbocycles. The van der Waals surface area contributed by atoms with Crippen LogP contribution in [0.3, 0.4) is 0 Å². The quantitative estimate of drug-likeness (QED) is 0.356. The van der Waals surface area contributed by atoms with E-state index in [0.717, 1.165) is 23.6 Å². The second-order valence-electron chi connectivity index (χ2n) is 5.27. The highest BCUT2D eigenvalue weighted by Crippen LogP contribution is 2.18. The lowest BCUT2D eigenvalue weighted by atomic mass is 10.1. The lowest BCUT2D eigenvalue weighted by Crippen LogP contribution is -2.25. The van der Waals surface area contributed by atoms with Gasteiger partial charge in [-0.15, -0.1) is 0 Å². The first-order valence-corrected chi connectivity index (χ1v) is 7.69. The summed E-state index contributed by atoms with van der Waals surface area (Å²) in [6.45, 7) is 2.11. The fourth-order valence-corrected chi connectivity index (χ4v) is 2.20. The van der Waals surface area contributed by atoms with Gasteiger partial charge in [0.25, 0.3) is 5.91 Å². The van der Waals surface area contributed by atoms with Crippen LogP contribution in [0.15, 0.2) is 54.6 Å². The van der Waals surface area contributed by atoms with E-state index in [9.17, 15) is 10.0 Å². The number of benzene rings is 2. The van der Waals surface area contributed by atoms with Gasteiger partial charge in [0.2, 0.25) is 0 Å². The van der Waals surface area contributed by atoms with Gasteiger partial charge in [-0.2, -0.15) is 5.17 Å². The fraction of sp³-hybridized carbons (Fsp3) is 0.167. The third-order valence-corrected chi connectivity index (χ3v) is 3.38. The maximum atomic E-state index is 10.9. The van der Waals surface area contributed by atoms with Gasteiger partial charge >= 0.3 is 0 Å². The van der Waals surface area contributed by atoms with E-state index >= 15 is 0 Å². The van der Waals surface area contributed by atoms with E-state index in [4.69, 9.17) is 5.21 Å². The molecule has 0 bridgehead atoms. The minimum Gasteiger partial charge on any atom is -0.288 e. The van der Waals surface area contributed by atoms with Gasteiger partial charge < -0.3 is 0 Å². The molecule has 0 spiro atoms. The number of hydrogen-bond acceptors (Lipinski definition) is 5. The Bertz CT molecular complexity index is 699. The van der Waals surface area contributed by atoms with E-state index in [1.54, 1.807) is 30.3 Å². The molecule has 0 aliphatic carbocycles. The lowest BCUT2D eigenvalue weighted by molar-refractivity contribution is -0.124. The topological polar surface area (TPSA) is 84.8 Å². The van der Waals surface area contributed by atoms with E-state index in [1.165, 1.54) is 17.1 Å². The molecule has 0 aliphatic rings. The highest BCUT2D eigenvalue weighted by atomic mass is 16.5. The van der Waals surface area contributed by atoms with Crippen molar-refractivity contribution in [3.63, 3.8) is 0 Å². The van der Waals surface area contributed by atoms with Crippen LogP contribution in [0.4, 0.5) is 11.4 Å². The van der Waals surface area contributed by atoms with Crippen molar-refractivity contribution in [1.29, 1.82) is 0 Å². The average Bonchev–Trinajstić information content (AvgIpc) is 2.61. The molecule has 2 aromatic rings. The zero-order valence-corrected chi connectivity index (χ0v) is 13.4. The summed E-state index contributed by atoms with van der Waals surface area (Å²) < 4.78 is 0. The van der Waals surface area contributed by atoms with Crippen LogP contribution >= 0.6 is 0 Å². The Morgan fingerprint density at radius 3 is 2.62 bits per heavy atom. The first kappa shape index (κ1) is 17.5. The molecule has 0 atom stereocenters. The fourth-order valence-electron chi connectivity index (χ4n) is 2.20. The standard InChI is InChI=1S/C18H21N3O3/c1-2-4-15-5-3-6-17(13-15)21(24)19-16-10-7-14(8-11-16)9-12-18(22)20-23/h3,5-13,19,23-24H,2,4H2,1H3,(H,20,22)/b12-9+. The number of amides is 1. The van der Waals surface area contributed by atoms with Crippen molar-refractivity contribution in [3.05, 3.63) is 65.7 Å². The van der Waals surface area contributed by atoms with E-state index in [0.29, 0.717) is 11.4 Å². The van der Waals surface area contributed by atoms with Crippen LogP contribution in [0.2, 0.25) is 0 Å². The van der Waals surface area contributed by atoms with Gasteiger partial charge in [-0.25, -0.2) is 5.48 Å². The molecule has 6 nitrogen and oxygen atoms in total. The molecule has 2 rings (SSSR count). The van der Waals surface area contributed by atoms with Crippen molar-refractivity contribution in [3.8, 4) is 0 Å². The van der Waals surface area contributed by atoms with Crippen molar-refractivity contribution < 1.29 is 15.2 Å². The number of carbonyl (C=O) groups is 1. The zero-order valence-electron chi connectivity index (χ0n) is 13.4. The van der Waals surface area contributed by atoms with Crippen LogP contribution in [-0.4, -0.2) is 16.3 Å². The molecule has 24 heavy (non-hydrogen) atoms. The molecule has 0 radical (unpaired) electrons. The van der Waals surface area contributed by atoms with Gasteiger partial charge in [0.15, 0.2) is 0 Å². The molecule has 0 aliphatic heterocycles. The highest BCUT2D eigenvalue weighted by molar-refractivity contribution is 5.90. The van der Waals surface area contributed by atoms with E-state index in [2.05, 4.69) is 12.3 Å². The minimum atomic E-state index is -0.592. The van der Waals surface area contributed by atoms with Crippen molar-refractivity contribution in [2.45, 2.75) is 19.8 Å². The normalized spacial score (nSPS) is 10.6. The number of carbonyl (C=O) groups excluding carboxylic acids is 1. The number of aryl methyl sites for hydroxylation is 1. The Labute approximate surface area is 140 Å². The van der Waals surface area contributed by atoms with E-state index in [-0.39, 0.29) is 0 Å². The molecule has 0 heterocycles. The van der Waals surface area contributed by atoms with Gasteiger partial charge in [-0.3, -0.25) is 20.6 Å². The second kappa shape index (κ2) is 8.71. The maximum Gasteiger partial charge on any atom is 0.267 e. The molecule has 4 N–H and O–H groups in total. The van der Waals surface area contributed by atoms with Crippen molar-refractivity contribution in [2.75, 3.05) is 10.6 Å². The Morgan fingerprint density at radius 1 is 1.21 bits per heavy atom. The van der Waals surface area contributed by atoms with Crippen LogP contribution < -0.4 is 16.1 Å². The van der Waals surface area contributed by atoms with Gasteiger partial charge in [-0.1, -0.05) is 37.6 Å².